The molecule has 0 atom stereocenters. The number of rotatable bonds is 4. The Morgan fingerprint density at radius 3 is 2.74 bits per heavy atom. The van der Waals surface area contributed by atoms with E-state index in [1.54, 1.807) is 10.9 Å². The number of nitrogens with one attached hydrogen (secondary N) is 1. The molecule has 2 aromatic carbocycles. The van der Waals surface area contributed by atoms with Gasteiger partial charge in [-0.15, -0.1) is 0 Å². The summed E-state index contributed by atoms with van der Waals surface area (Å²) in [5, 5.41) is 16.8. The van der Waals surface area contributed by atoms with E-state index in [0.29, 0.717) is 5.69 Å². The first-order valence-electron chi connectivity index (χ1n) is 6.78. The highest BCUT2D eigenvalue weighted by Crippen LogP contribution is 2.21. The number of halogens is 1. The maximum atomic E-state index is 12.1. The first kappa shape index (κ1) is 15.1. The lowest BCUT2D eigenvalue weighted by molar-refractivity contribution is -0.116. The number of carbonyl (C=O) groups is 2. The highest BCUT2D eigenvalue weighted by atomic mass is 35.5. The minimum absolute atomic E-state index is 0.0114. The Morgan fingerprint density at radius 2 is 2.00 bits per heavy atom. The summed E-state index contributed by atoms with van der Waals surface area (Å²) in [6, 6.07) is 11.8. The monoisotopic (exact) mass is 329 g/mol. The van der Waals surface area contributed by atoms with Crippen molar-refractivity contribution < 1.29 is 14.7 Å². The molecule has 0 bridgehead atoms. The van der Waals surface area contributed by atoms with Crippen LogP contribution in [0.1, 0.15) is 10.4 Å². The Hall–Kier alpha value is -2.86. The molecular formula is C16H12ClN3O3. The van der Waals surface area contributed by atoms with Gasteiger partial charge in [0.15, 0.2) is 0 Å². The van der Waals surface area contributed by atoms with E-state index in [-0.39, 0.29) is 23.0 Å². The van der Waals surface area contributed by atoms with Gasteiger partial charge in [0.2, 0.25) is 5.91 Å². The van der Waals surface area contributed by atoms with E-state index in [9.17, 15) is 9.59 Å². The molecule has 0 radical (unpaired) electrons. The average Bonchev–Trinajstić information content (AvgIpc) is 2.90. The van der Waals surface area contributed by atoms with E-state index < -0.39 is 5.97 Å². The number of carboxylic acids is 1. The van der Waals surface area contributed by atoms with Crippen LogP contribution in [0, 0.1) is 0 Å². The van der Waals surface area contributed by atoms with Gasteiger partial charge in [0.25, 0.3) is 0 Å². The first-order chi connectivity index (χ1) is 11.0. The lowest BCUT2D eigenvalue weighted by Gasteiger charge is -2.08. The summed E-state index contributed by atoms with van der Waals surface area (Å²) in [7, 11) is 0. The number of benzene rings is 2. The van der Waals surface area contributed by atoms with Crippen LogP contribution >= 0.6 is 11.6 Å². The molecule has 7 heteroatoms. The Kier molecular flexibility index (Phi) is 3.99. The van der Waals surface area contributed by atoms with Crippen LogP contribution in [0.5, 0.6) is 0 Å². The number of carboxylic acid groups (broad SMARTS) is 1. The molecule has 1 heterocycles. The Labute approximate surface area is 136 Å². The van der Waals surface area contributed by atoms with Crippen LogP contribution in [0.15, 0.2) is 48.7 Å². The molecule has 1 aromatic heterocycles. The molecule has 0 spiro atoms. The smallest absolute Gasteiger partial charge is 0.337 e. The molecule has 0 aliphatic heterocycles. The zero-order chi connectivity index (χ0) is 16.4. The zero-order valence-electron chi connectivity index (χ0n) is 11.9. The number of carbonyl (C=O) groups excluding carboxylic acids is 1. The van der Waals surface area contributed by atoms with Gasteiger partial charge in [-0.1, -0.05) is 29.8 Å². The van der Waals surface area contributed by atoms with Crippen molar-refractivity contribution in [1.82, 2.24) is 9.78 Å². The molecule has 3 aromatic rings. The van der Waals surface area contributed by atoms with Crippen LogP contribution in [0.3, 0.4) is 0 Å². The predicted molar refractivity (Wildman–Crippen MR) is 86.8 cm³/mol. The van der Waals surface area contributed by atoms with Gasteiger partial charge >= 0.3 is 5.97 Å². The second-order valence-corrected chi connectivity index (χ2v) is 5.32. The number of aromatic carboxylic acids is 1. The Morgan fingerprint density at radius 1 is 1.22 bits per heavy atom. The summed E-state index contributed by atoms with van der Waals surface area (Å²) in [6.07, 6.45) is 1.70. The summed E-state index contributed by atoms with van der Waals surface area (Å²) < 4.78 is 1.60. The van der Waals surface area contributed by atoms with E-state index in [1.807, 2.05) is 24.3 Å². The summed E-state index contributed by atoms with van der Waals surface area (Å²) in [5.74, 6) is -1.39. The highest BCUT2D eigenvalue weighted by molar-refractivity contribution is 6.33. The van der Waals surface area contributed by atoms with Gasteiger partial charge < -0.3 is 10.4 Å². The summed E-state index contributed by atoms with van der Waals surface area (Å²) in [5.41, 5.74) is 1.28. The number of amides is 1. The number of anilines is 1. The molecule has 0 aliphatic carbocycles. The molecule has 0 saturated carbocycles. The third-order valence-corrected chi connectivity index (χ3v) is 3.64. The second kappa shape index (κ2) is 6.10. The average molecular weight is 330 g/mol. The lowest BCUT2D eigenvalue weighted by Crippen LogP contribution is -2.19. The third kappa shape index (κ3) is 3.17. The van der Waals surface area contributed by atoms with Gasteiger partial charge in [-0.3, -0.25) is 9.48 Å². The summed E-state index contributed by atoms with van der Waals surface area (Å²) in [4.78, 5) is 23.0. The van der Waals surface area contributed by atoms with Crippen molar-refractivity contribution in [3.8, 4) is 0 Å². The van der Waals surface area contributed by atoms with Crippen LogP contribution < -0.4 is 5.32 Å². The molecule has 1 amide bonds. The first-order valence-corrected chi connectivity index (χ1v) is 7.15. The SMILES string of the molecule is O=C(Cn1ncc2ccccc21)Nc1ccc(C(=O)O)c(Cl)c1. The van der Waals surface area contributed by atoms with Crippen molar-refractivity contribution in [3.63, 3.8) is 0 Å². The standard InChI is InChI=1S/C16H12ClN3O3/c17-13-7-11(5-6-12(13)16(22)23)19-15(21)9-20-14-4-2-1-3-10(14)8-18-20/h1-8H,9H2,(H,19,21)(H,22,23). The quantitative estimate of drug-likeness (QED) is 0.770. The summed E-state index contributed by atoms with van der Waals surface area (Å²) in [6.45, 7) is 0.0474. The number of fused-ring (bicyclic) bond motifs is 1. The van der Waals surface area contributed by atoms with E-state index in [1.165, 1.54) is 18.2 Å². The molecule has 2 N–H and O–H groups in total. The van der Waals surface area contributed by atoms with Crippen molar-refractivity contribution in [1.29, 1.82) is 0 Å². The minimum atomic E-state index is -1.11. The fourth-order valence-electron chi connectivity index (χ4n) is 2.25. The number of hydrogen-bond donors (Lipinski definition) is 2. The maximum Gasteiger partial charge on any atom is 0.337 e. The topological polar surface area (TPSA) is 84.2 Å². The van der Waals surface area contributed by atoms with E-state index in [4.69, 9.17) is 16.7 Å². The van der Waals surface area contributed by atoms with Crippen molar-refractivity contribution >= 4 is 40.1 Å². The third-order valence-electron chi connectivity index (χ3n) is 3.33. The van der Waals surface area contributed by atoms with Crippen molar-refractivity contribution in [3.05, 3.63) is 59.2 Å². The van der Waals surface area contributed by atoms with Crippen LogP contribution in [0.25, 0.3) is 10.9 Å². The van der Waals surface area contributed by atoms with Crippen molar-refractivity contribution in [2.45, 2.75) is 6.54 Å². The molecule has 23 heavy (non-hydrogen) atoms. The van der Waals surface area contributed by atoms with Crippen LogP contribution in [0.4, 0.5) is 5.69 Å². The fourth-order valence-corrected chi connectivity index (χ4v) is 2.52. The molecule has 3 rings (SSSR count). The summed E-state index contributed by atoms with van der Waals surface area (Å²) >= 11 is 5.88. The van der Waals surface area contributed by atoms with Gasteiger partial charge in [0.1, 0.15) is 6.54 Å². The lowest BCUT2D eigenvalue weighted by atomic mass is 10.2. The number of aromatic nitrogens is 2. The van der Waals surface area contributed by atoms with Gasteiger partial charge in [0.05, 0.1) is 22.3 Å². The number of hydrogen-bond acceptors (Lipinski definition) is 3. The van der Waals surface area contributed by atoms with Crippen LogP contribution in [-0.2, 0) is 11.3 Å². The predicted octanol–water partition coefficient (Wildman–Crippen LogP) is 3.03. The minimum Gasteiger partial charge on any atom is -0.478 e. The van der Waals surface area contributed by atoms with Gasteiger partial charge in [-0.25, -0.2) is 4.79 Å². The molecule has 0 saturated heterocycles. The molecule has 116 valence electrons. The maximum absolute atomic E-state index is 12.1. The largest absolute Gasteiger partial charge is 0.478 e. The molecule has 0 unspecified atom stereocenters. The normalized spacial score (nSPS) is 10.7. The van der Waals surface area contributed by atoms with Crippen molar-refractivity contribution in [2.24, 2.45) is 0 Å². The van der Waals surface area contributed by atoms with E-state index >= 15 is 0 Å². The van der Waals surface area contributed by atoms with E-state index in [0.717, 1.165) is 10.9 Å². The Balaban J connectivity index is 1.75. The number of para-hydroxylation sites is 1. The van der Waals surface area contributed by atoms with Gasteiger partial charge in [-0.05, 0) is 24.3 Å². The second-order valence-electron chi connectivity index (χ2n) is 4.91. The van der Waals surface area contributed by atoms with Crippen LogP contribution in [-0.4, -0.2) is 26.8 Å². The molecule has 0 aliphatic rings. The van der Waals surface area contributed by atoms with Crippen LogP contribution in [0.2, 0.25) is 5.02 Å². The van der Waals surface area contributed by atoms with Crippen molar-refractivity contribution in [2.75, 3.05) is 5.32 Å². The highest BCUT2D eigenvalue weighted by Gasteiger charge is 2.11. The van der Waals surface area contributed by atoms with E-state index in [2.05, 4.69) is 10.4 Å². The zero-order valence-corrected chi connectivity index (χ0v) is 12.6. The molecular weight excluding hydrogens is 318 g/mol. The molecule has 0 fully saturated rings. The van der Waals surface area contributed by atoms with Gasteiger partial charge in [-0.2, -0.15) is 5.10 Å². The molecule has 6 nitrogen and oxygen atoms in total. The van der Waals surface area contributed by atoms with Gasteiger partial charge in [0, 0.05) is 11.1 Å². The number of nitrogens with zero attached hydrogens (tertiary/aromatic N) is 2. The fraction of sp³-hybridized carbons (Fsp3) is 0.0625. The Bertz CT molecular complexity index is 904.